The first-order chi connectivity index (χ1) is 6.24. The first-order valence-electron chi connectivity index (χ1n) is 4.88. The summed E-state index contributed by atoms with van der Waals surface area (Å²) in [5.41, 5.74) is 0. The van der Waals surface area contributed by atoms with E-state index in [0.29, 0.717) is 0 Å². The van der Waals surface area contributed by atoms with Gasteiger partial charge in [-0.2, -0.15) is 0 Å². The van der Waals surface area contributed by atoms with Crippen LogP contribution in [0.15, 0.2) is 0 Å². The van der Waals surface area contributed by atoms with Crippen molar-refractivity contribution in [3.63, 3.8) is 0 Å². The Balaban J connectivity index is -0.000000208. The quantitative estimate of drug-likeness (QED) is 0.373. The third kappa shape index (κ3) is 14.7. The Bertz CT molecular complexity index is 156. The van der Waals surface area contributed by atoms with Crippen LogP contribution in [0.25, 0.3) is 0 Å². The van der Waals surface area contributed by atoms with E-state index >= 15 is 0 Å². The van der Waals surface area contributed by atoms with Crippen molar-refractivity contribution in [3.05, 3.63) is 0 Å². The molecule has 0 aliphatic carbocycles. The number of nitrogens with zero attached hydrogens (tertiary/aromatic N) is 1. The third-order valence-corrected chi connectivity index (χ3v) is 2.68. The molecule has 0 spiro atoms. The molecule has 0 aliphatic rings. The molecule has 0 radical (unpaired) electrons. The van der Waals surface area contributed by atoms with E-state index in [9.17, 15) is 0 Å². The van der Waals surface area contributed by atoms with Crippen molar-refractivity contribution in [2.24, 2.45) is 0 Å². The zero-order valence-electron chi connectivity index (χ0n) is 9.47. The van der Waals surface area contributed by atoms with Gasteiger partial charge in [0.1, 0.15) is 0 Å². The van der Waals surface area contributed by atoms with Crippen LogP contribution in [0.4, 0.5) is 0 Å². The molecule has 0 aromatic heterocycles. The minimum atomic E-state index is -4.64. The van der Waals surface area contributed by atoms with E-state index in [1.165, 1.54) is 30.7 Å². The second-order valence-corrected chi connectivity index (χ2v) is 4.15. The molecule has 90 valence electrons. The second kappa shape index (κ2) is 9.86. The van der Waals surface area contributed by atoms with Gasteiger partial charge in [0, 0.05) is 0 Å². The summed E-state index contributed by atoms with van der Waals surface area (Å²) in [7, 11) is -4.64. The molecule has 0 heterocycles. The fourth-order valence-electron chi connectivity index (χ4n) is 1.34. The second-order valence-electron chi connectivity index (χ2n) is 3.12. The van der Waals surface area contributed by atoms with Gasteiger partial charge >= 0.3 is 26.7 Å². The molecule has 5 nitrogen and oxygen atoms in total. The molecule has 0 bridgehead atoms. The zero-order valence-corrected chi connectivity index (χ0v) is 10.4. The summed E-state index contributed by atoms with van der Waals surface area (Å²) in [6.07, 6.45) is 0. The molecule has 0 fully saturated rings. The molecule has 3 N–H and O–H groups in total. The van der Waals surface area contributed by atoms with Gasteiger partial charge in [-0.3, -0.25) is 0 Å². The van der Waals surface area contributed by atoms with E-state index in [-0.39, 0.29) is 18.9 Å². The molecule has 0 aliphatic heterocycles. The molecule has 0 aromatic rings. The molecule has 0 amide bonds. The van der Waals surface area contributed by atoms with Crippen molar-refractivity contribution >= 4 is 26.7 Å². The molecule has 7 heteroatoms. The van der Waals surface area contributed by atoms with Crippen molar-refractivity contribution < 1.29 is 23.7 Å². The van der Waals surface area contributed by atoms with Gasteiger partial charge < -0.3 is 19.2 Å². The molecule has 0 atom stereocenters. The van der Waals surface area contributed by atoms with Crippen molar-refractivity contribution in [1.82, 2.24) is 0 Å². The van der Waals surface area contributed by atoms with Gasteiger partial charge in [0.2, 0.25) is 0 Å². The van der Waals surface area contributed by atoms with E-state index in [4.69, 9.17) is 19.2 Å². The molecular formula is C8H24LiNO4P+. The van der Waals surface area contributed by atoms with E-state index in [1.54, 1.807) is 0 Å². The normalized spacial score (nSPS) is 11.1. The molecular weight excluding hydrogens is 212 g/mol. The zero-order chi connectivity index (χ0) is 11.8. The Kier molecular flexibility index (Phi) is 13.8. The summed E-state index contributed by atoms with van der Waals surface area (Å²) in [5, 5.41) is 0. The van der Waals surface area contributed by atoms with Gasteiger partial charge in [0.15, 0.2) is 0 Å². The first kappa shape index (κ1) is 21.0. The maximum atomic E-state index is 8.88. The summed E-state index contributed by atoms with van der Waals surface area (Å²) in [6, 6.07) is 0. The summed E-state index contributed by atoms with van der Waals surface area (Å²) < 4.78 is 10.2. The van der Waals surface area contributed by atoms with Crippen LogP contribution < -0.4 is 0 Å². The number of quaternary nitrogens is 1. The Hall–Kier alpha value is 0.667. The van der Waals surface area contributed by atoms with E-state index in [1.807, 2.05) is 0 Å². The molecule has 0 saturated carbocycles. The van der Waals surface area contributed by atoms with Crippen LogP contribution in [0.3, 0.4) is 0 Å². The van der Waals surface area contributed by atoms with Gasteiger partial charge in [-0.25, -0.2) is 4.57 Å². The molecule has 0 unspecified atom stereocenters. The SMILES string of the molecule is CC[N+](CC)(CC)CC.O=P(O)(O)O.[LiH]. The Morgan fingerprint density at radius 2 is 1.00 bits per heavy atom. The maximum absolute atomic E-state index is 8.88. The van der Waals surface area contributed by atoms with Crippen molar-refractivity contribution in [3.8, 4) is 0 Å². The number of phosphoric acid groups is 1. The predicted molar refractivity (Wildman–Crippen MR) is 63.8 cm³/mol. The number of hydrogen-bond acceptors (Lipinski definition) is 1. The summed E-state index contributed by atoms with van der Waals surface area (Å²) >= 11 is 0. The molecule has 0 aromatic carbocycles. The van der Waals surface area contributed by atoms with E-state index in [2.05, 4.69) is 27.7 Å². The summed E-state index contributed by atoms with van der Waals surface area (Å²) in [4.78, 5) is 21.6. The van der Waals surface area contributed by atoms with E-state index in [0.717, 1.165) is 0 Å². The van der Waals surface area contributed by atoms with Gasteiger partial charge in [-0.05, 0) is 27.7 Å². The minimum absolute atomic E-state index is 0. The predicted octanol–water partition coefficient (Wildman–Crippen LogP) is 0.306. The Labute approximate surface area is 104 Å². The van der Waals surface area contributed by atoms with Crippen LogP contribution >= 0.6 is 7.82 Å². The molecule has 0 saturated heterocycles. The van der Waals surface area contributed by atoms with Crippen molar-refractivity contribution in [1.29, 1.82) is 0 Å². The number of hydrogen-bond donors (Lipinski definition) is 3. The Morgan fingerprint density at radius 1 is 0.867 bits per heavy atom. The molecule has 0 rings (SSSR count). The summed E-state index contributed by atoms with van der Waals surface area (Å²) in [5.74, 6) is 0. The monoisotopic (exact) mass is 236 g/mol. The number of rotatable bonds is 4. The van der Waals surface area contributed by atoms with Crippen LogP contribution in [0.1, 0.15) is 27.7 Å². The molecule has 15 heavy (non-hydrogen) atoms. The van der Waals surface area contributed by atoms with Crippen LogP contribution in [0, 0.1) is 0 Å². The van der Waals surface area contributed by atoms with Crippen LogP contribution in [-0.2, 0) is 4.57 Å². The van der Waals surface area contributed by atoms with Crippen LogP contribution in [0.5, 0.6) is 0 Å². The van der Waals surface area contributed by atoms with Gasteiger partial charge in [-0.1, -0.05) is 0 Å². The van der Waals surface area contributed by atoms with Gasteiger partial charge in [0.05, 0.1) is 26.2 Å². The van der Waals surface area contributed by atoms with Crippen molar-refractivity contribution in [2.45, 2.75) is 27.7 Å². The summed E-state index contributed by atoms with van der Waals surface area (Å²) in [6.45, 7) is 14.2. The fraction of sp³-hybridized carbons (Fsp3) is 1.00. The topological polar surface area (TPSA) is 77.8 Å². The van der Waals surface area contributed by atoms with Gasteiger partial charge in [0.25, 0.3) is 0 Å². The first-order valence-corrected chi connectivity index (χ1v) is 6.44. The Morgan fingerprint density at radius 3 is 1.00 bits per heavy atom. The fourth-order valence-corrected chi connectivity index (χ4v) is 1.34. The average molecular weight is 236 g/mol. The van der Waals surface area contributed by atoms with Crippen LogP contribution in [0.2, 0.25) is 0 Å². The average Bonchev–Trinajstić information content (AvgIpc) is 2.07. The van der Waals surface area contributed by atoms with E-state index < -0.39 is 7.82 Å². The third-order valence-electron chi connectivity index (χ3n) is 2.68. The standard InChI is InChI=1S/C8H20N.Li.H3O4P.H/c1-5-9(6-2,7-3)8-4;;1-5(2,3)4;/h5-8H2,1-4H3;;(H3,1,2,3,4);/q+1;;;. The van der Waals surface area contributed by atoms with Gasteiger partial charge in [-0.15, -0.1) is 0 Å². The van der Waals surface area contributed by atoms with Crippen molar-refractivity contribution in [2.75, 3.05) is 26.2 Å². The van der Waals surface area contributed by atoms with Crippen LogP contribution in [-0.4, -0.2) is 64.2 Å².